The van der Waals surface area contributed by atoms with Gasteiger partial charge in [0.25, 0.3) is 0 Å². The number of fused-ring (bicyclic) bond motifs is 14. The van der Waals surface area contributed by atoms with Crippen molar-refractivity contribution in [2.75, 3.05) is 0 Å². The van der Waals surface area contributed by atoms with Gasteiger partial charge in [0.15, 0.2) is 0 Å². The van der Waals surface area contributed by atoms with Crippen molar-refractivity contribution >= 4 is 75.7 Å². The van der Waals surface area contributed by atoms with Gasteiger partial charge >= 0.3 is 0 Å². The monoisotopic (exact) mass is 645 g/mol. The molecule has 11 rings (SSSR count). The fraction of sp³-hybridized carbons (Fsp3) is 0. The van der Waals surface area contributed by atoms with E-state index in [0.717, 1.165) is 5.69 Å². The quantitative estimate of drug-likeness (QED) is 0.169. The van der Waals surface area contributed by atoms with Gasteiger partial charge in [-0.3, -0.25) is 0 Å². The molecule has 1 aromatic heterocycles. The number of nitrogens with zero attached hydrogens (tertiary/aromatic N) is 1. The van der Waals surface area contributed by atoms with Crippen molar-refractivity contribution in [2.45, 2.75) is 0 Å². The van der Waals surface area contributed by atoms with Gasteiger partial charge in [-0.2, -0.15) is 0 Å². The van der Waals surface area contributed by atoms with Gasteiger partial charge in [0.1, 0.15) is 0 Å². The van der Waals surface area contributed by atoms with Crippen LogP contribution in [-0.2, 0) is 0 Å². The lowest BCUT2D eigenvalue weighted by Crippen LogP contribution is -1.94. The lowest BCUT2D eigenvalue weighted by molar-refractivity contribution is 1.18. The molecule has 1 nitrogen and oxygen atoms in total. The molecule has 0 aliphatic heterocycles. The molecular weight excluding hydrogens is 615 g/mol. The standard InChI is InChI=1S/C50H31N/c1-2-12-32(13-3-1)35-25-29-48-46(31-35)40-17-10-11-21-47(40)51(48)36-26-22-33(23-27-36)34-24-28-44-45(30-34)39-16-6-9-20-43(39)49-41-18-7-4-14-37(41)38-15-5-8-19-42(38)50(44)49/h1-31H. The average Bonchev–Trinajstić information content (AvgIpc) is 3.54. The van der Waals surface area contributed by atoms with Crippen LogP contribution in [0.4, 0.5) is 0 Å². The summed E-state index contributed by atoms with van der Waals surface area (Å²) in [5.74, 6) is 0. The Balaban J connectivity index is 1.09. The number of benzene rings is 10. The molecule has 0 aliphatic carbocycles. The molecule has 0 unspecified atom stereocenters. The van der Waals surface area contributed by atoms with Gasteiger partial charge in [-0.05, 0) is 113 Å². The summed E-state index contributed by atoms with van der Waals surface area (Å²) in [6.45, 7) is 0. The van der Waals surface area contributed by atoms with Crippen LogP contribution in [0.15, 0.2) is 188 Å². The summed E-state index contributed by atoms with van der Waals surface area (Å²) >= 11 is 0. The van der Waals surface area contributed by atoms with Crippen LogP contribution in [0.3, 0.4) is 0 Å². The minimum absolute atomic E-state index is 1.16. The minimum atomic E-state index is 1.16. The molecular formula is C50H31N. The first-order valence-corrected chi connectivity index (χ1v) is 17.7. The topological polar surface area (TPSA) is 4.93 Å². The molecule has 0 aliphatic rings. The molecule has 0 atom stereocenters. The zero-order chi connectivity index (χ0) is 33.5. The Morgan fingerprint density at radius 2 is 0.647 bits per heavy atom. The highest BCUT2D eigenvalue weighted by molar-refractivity contribution is 6.39. The van der Waals surface area contributed by atoms with Crippen LogP contribution < -0.4 is 0 Å². The summed E-state index contributed by atoms with van der Waals surface area (Å²) in [6.07, 6.45) is 0. The van der Waals surface area contributed by atoms with Gasteiger partial charge in [-0.25, -0.2) is 0 Å². The van der Waals surface area contributed by atoms with Gasteiger partial charge < -0.3 is 4.57 Å². The zero-order valence-corrected chi connectivity index (χ0v) is 27.8. The van der Waals surface area contributed by atoms with Gasteiger partial charge in [-0.15, -0.1) is 0 Å². The zero-order valence-electron chi connectivity index (χ0n) is 27.8. The Hall–Kier alpha value is -6.70. The predicted molar refractivity (Wildman–Crippen MR) is 219 cm³/mol. The number of para-hydroxylation sites is 1. The maximum atomic E-state index is 2.40. The smallest absolute Gasteiger partial charge is 0.0541 e. The van der Waals surface area contributed by atoms with Crippen molar-refractivity contribution in [2.24, 2.45) is 0 Å². The fourth-order valence-electron chi connectivity index (χ4n) is 8.67. The van der Waals surface area contributed by atoms with E-state index < -0.39 is 0 Å². The highest BCUT2D eigenvalue weighted by Gasteiger charge is 2.17. The van der Waals surface area contributed by atoms with Crippen LogP contribution >= 0.6 is 0 Å². The lowest BCUT2D eigenvalue weighted by atomic mass is 9.86. The van der Waals surface area contributed by atoms with E-state index in [0.29, 0.717) is 0 Å². The van der Waals surface area contributed by atoms with Gasteiger partial charge in [0.05, 0.1) is 11.0 Å². The van der Waals surface area contributed by atoms with Crippen molar-refractivity contribution in [3.05, 3.63) is 188 Å². The second-order valence-corrected chi connectivity index (χ2v) is 13.6. The van der Waals surface area contributed by atoms with E-state index in [-0.39, 0.29) is 0 Å². The summed E-state index contributed by atoms with van der Waals surface area (Å²) in [5.41, 5.74) is 8.49. The molecule has 11 aromatic rings. The second kappa shape index (κ2) is 10.9. The number of aromatic nitrogens is 1. The Morgan fingerprint density at radius 3 is 1.27 bits per heavy atom. The SMILES string of the molecule is c1ccc(-c2ccc3c(c2)c2ccccc2n3-c2ccc(-c3ccc4c(c3)c3ccccc3c3c5ccccc5c5ccccc5c43)cc2)cc1. The van der Waals surface area contributed by atoms with Gasteiger partial charge in [0, 0.05) is 16.5 Å². The van der Waals surface area contributed by atoms with E-state index in [1.54, 1.807) is 0 Å². The van der Waals surface area contributed by atoms with Crippen LogP contribution in [0.1, 0.15) is 0 Å². The molecule has 0 amide bonds. The van der Waals surface area contributed by atoms with Crippen molar-refractivity contribution in [1.82, 2.24) is 4.57 Å². The Morgan fingerprint density at radius 1 is 0.235 bits per heavy atom. The van der Waals surface area contributed by atoms with E-state index in [1.165, 1.54) is 97.9 Å². The molecule has 0 saturated heterocycles. The van der Waals surface area contributed by atoms with E-state index >= 15 is 0 Å². The maximum absolute atomic E-state index is 2.40. The number of hydrogen-bond donors (Lipinski definition) is 0. The highest BCUT2D eigenvalue weighted by Crippen LogP contribution is 2.44. The normalized spacial score (nSPS) is 11.9. The van der Waals surface area contributed by atoms with E-state index in [9.17, 15) is 0 Å². The first-order valence-electron chi connectivity index (χ1n) is 17.7. The van der Waals surface area contributed by atoms with Crippen molar-refractivity contribution in [3.63, 3.8) is 0 Å². The largest absolute Gasteiger partial charge is 0.309 e. The van der Waals surface area contributed by atoms with Gasteiger partial charge in [-0.1, -0.05) is 152 Å². The average molecular weight is 646 g/mol. The number of rotatable bonds is 3. The van der Waals surface area contributed by atoms with Crippen LogP contribution in [0.25, 0.3) is 104 Å². The predicted octanol–water partition coefficient (Wildman–Crippen LogP) is 13.9. The second-order valence-electron chi connectivity index (χ2n) is 13.6. The lowest BCUT2D eigenvalue weighted by Gasteiger charge is -2.17. The van der Waals surface area contributed by atoms with Gasteiger partial charge in [0.2, 0.25) is 0 Å². The molecule has 1 heterocycles. The molecule has 0 fully saturated rings. The fourth-order valence-corrected chi connectivity index (χ4v) is 8.67. The summed E-state index contributed by atoms with van der Waals surface area (Å²) in [6, 6.07) is 69.2. The molecule has 1 heteroatoms. The first-order chi connectivity index (χ1) is 25.3. The van der Waals surface area contributed by atoms with Crippen LogP contribution in [0, 0.1) is 0 Å². The third kappa shape index (κ3) is 4.16. The Labute approximate surface area is 295 Å². The molecule has 0 spiro atoms. The molecule has 0 N–H and O–H groups in total. The Kier molecular flexibility index (Phi) is 6.02. The molecule has 10 aromatic carbocycles. The van der Waals surface area contributed by atoms with Crippen LogP contribution in [0.5, 0.6) is 0 Å². The van der Waals surface area contributed by atoms with Crippen molar-refractivity contribution in [1.29, 1.82) is 0 Å². The van der Waals surface area contributed by atoms with E-state index in [4.69, 9.17) is 0 Å². The minimum Gasteiger partial charge on any atom is -0.309 e. The first kappa shape index (κ1) is 28.2. The van der Waals surface area contributed by atoms with E-state index in [2.05, 4.69) is 193 Å². The number of hydrogen-bond acceptors (Lipinski definition) is 0. The van der Waals surface area contributed by atoms with Crippen molar-refractivity contribution in [3.8, 4) is 27.9 Å². The molecule has 0 radical (unpaired) electrons. The third-order valence-corrected chi connectivity index (χ3v) is 10.9. The van der Waals surface area contributed by atoms with Crippen LogP contribution in [-0.4, -0.2) is 4.57 Å². The molecule has 236 valence electrons. The summed E-state index contributed by atoms with van der Waals surface area (Å²) in [4.78, 5) is 0. The summed E-state index contributed by atoms with van der Waals surface area (Å²) in [7, 11) is 0. The molecule has 0 bridgehead atoms. The van der Waals surface area contributed by atoms with Crippen LogP contribution in [0.2, 0.25) is 0 Å². The van der Waals surface area contributed by atoms with E-state index in [1.807, 2.05) is 0 Å². The Bertz CT molecular complexity index is 3170. The third-order valence-electron chi connectivity index (χ3n) is 10.9. The molecule has 0 saturated carbocycles. The summed E-state index contributed by atoms with van der Waals surface area (Å²) in [5, 5.41) is 15.6. The van der Waals surface area contributed by atoms with Crippen molar-refractivity contribution < 1.29 is 0 Å². The highest BCUT2D eigenvalue weighted by atomic mass is 15.0. The molecule has 51 heavy (non-hydrogen) atoms. The maximum Gasteiger partial charge on any atom is 0.0541 e. The summed E-state index contributed by atoms with van der Waals surface area (Å²) < 4.78 is 2.40.